The normalized spacial score (nSPS) is 17.2. The molecule has 0 saturated heterocycles. The Morgan fingerprint density at radius 1 is 1.19 bits per heavy atom. The number of hydrogen-bond donors (Lipinski definition) is 3. The van der Waals surface area contributed by atoms with Crippen molar-refractivity contribution in [1.82, 2.24) is 14.9 Å². The topological polar surface area (TPSA) is 113 Å². The number of carbonyl (C=O) groups is 1. The molecular formula is C18H22N4O4S. The maximum Gasteiger partial charge on any atom is 0.241 e. The van der Waals surface area contributed by atoms with Crippen LogP contribution < -0.4 is 10.0 Å². The number of aromatic amines is 1. The Morgan fingerprint density at radius 2 is 1.96 bits per heavy atom. The number of nitrogens with one attached hydrogen (secondary N) is 3. The molecule has 2 aromatic rings. The van der Waals surface area contributed by atoms with Crippen molar-refractivity contribution in [2.75, 3.05) is 11.9 Å². The summed E-state index contributed by atoms with van der Waals surface area (Å²) in [5.41, 5.74) is 2.87. The van der Waals surface area contributed by atoms with E-state index >= 15 is 0 Å². The zero-order chi connectivity index (χ0) is 18.9. The lowest BCUT2D eigenvalue weighted by molar-refractivity contribution is -0.115. The van der Waals surface area contributed by atoms with Crippen molar-refractivity contribution >= 4 is 21.7 Å². The first-order valence-corrected chi connectivity index (χ1v) is 10.5. The molecule has 4 rings (SSSR count). The number of nitrogens with zero attached hydrogens (tertiary/aromatic N) is 1. The maximum atomic E-state index is 12.4. The van der Waals surface area contributed by atoms with E-state index in [1.807, 2.05) is 6.07 Å². The molecule has 144 valence electrons. The molecule has 1 aliphatic carbocycles. The molecule has 0 unspecified atom stereocenters. The summed E-state index contributed by atoms with van der Waals surface area (Å²) >= 11 is 0. The number of carbonyl (C=O) groups excluding carboxylic acids is 1. The van der Waals surface area contributed by atoms with Crippen molar-refractivity contribution in [3.8, 4) is 0 Å². The first kappa shape index (κ1) is 18.1. The summed E-state index contributed by atoms with van der Waals surface area (Å²) in [5, 5.41) is 9.68. The smallest absolute Gasteiger partial charge is 0.241 e. The molecule has 0 spiro atoms. The van der Waals surface area contributed by atoms with Crippen LogP contribution in [0.4, 0.5) is 5.82 Å². The van der Waals surface area contributed by atoms with E-state index in [4.69, 9.17) is 4.74 Å². The molecule has 1 amide bonds. The van der Waals surface area contributed by atoms with E-state index in [9.17, 15) is 13.2 Å². The van der Waals surface area contributed by atoms with Gasteiger partial charge >= 0.3 is 0 Å². The number of hydrogen-bond acceptors (Lipinski definition) is 5. The Bertz CT molecular complexity index is 948. The highest BCUT2D eigenvalue weighted by molar-refractivity contribution is 7.89. The van der Waals surface area contributed by atoms with Gasteiger partial charge in [0, 0.05) is 17.7 Å². The Kier molecular flexibility index (Phi) is 4.98. The van der Waals surface area contributed by atoms with E-state index in [0.29, 0.717) is 24.9 Å². The van der Waals surface area contributed by atoms with Gasteiger partial charge in [-0.1, -0.05) is 18.9 Å². The standard InChI is InChI=1S/C18H22N4O4S/c23-18(20-17-8-16(21-22-17)12-3-1-2-4-12)9-19-27(24,25)15-6-5-13-10-26-11-14(13)7-15/h5-8,12,19H,1-4,9-11H2,(H2,20,21,22,23). The molecule has 9 heteroatoms. The molecule has 8 nitrogen and oxygen atoms in total. The Morgan fingerprint density at radius 3 is 2.78 bits per heavy atom. The van der Waals surface area contributed by atoms with Crippen molar-refractivity contribution in [2.45, 2.75) is 49.7 Å². The molecule has 1 aliphatic heterocycles. The molecule has 2 heterocycles. The van der Waals surface area contributed by atoms with Gasteiger partial charge in [0.2, 0.25) is 15.9 Å². The second-order valence-electron chi connectivity index (χ2n) is 6.99. The van der Waals surface area contributed by atoms with Gasteiger partial charge in [-0.15, -0.1) is 0 Å². The van der Waals surface area contributed by atoms with Crippen LogP contribution in [0.5, 0.6) is 0 Å². The number of fused-ring (bicyclic) bond motifs is 1. The van der Waals surface area contributed by atoms with Gasteiger partial charge in [0.1, 0.15) is 0 Å². The van der Waals surface area contributed by atoms with E-state index in [1.54, 1.807) is 12.1 Å². The summed E-state index contributed by atoms with van der Waals surface area (Å²) in [7, 11) is -3.77. The largest absolute Gasteiger partial charge is 0.372 e. The molecule has 3 N–H and O–H groups in total. The minimum Gasteiger partial charge on any atom is -0.372 e. The highest BCUT2D eigenvalue weighted by Crippen LogP contribution is 2.33. The van der Waals surface area contributed by atoms with E-state index in [2.05, 4.69) is 20.2 Å². The molecule has 0 bridgehead atoms. The second kappa shape index (κ2) is 7.41. The number of H-pyrrole nitrogens is 1. The fraction of sp³-hybridized carbons (Fsp3) is 0.444. The highest BCUT2D eigenvalue weighted by Gasteiger charge is 2.21. The van der Waals surface area contributed by atoms with Gasteiger partial charge in [0.05, 0.1) is 24.7 Å². The summed E-state index contributed by atoms with van der Waals surface area (Å²) in [6.45, 7) is 0.543. The Labute approximate surface area is 157 Å². The third-order valence-electron chi connectivity index (χ3n) is 5.09. The third-order valence-corrected chi connectivity index (χ3v) is 6.48. The second-order valence-corrected chi connectivity index (χ2v) is 8.75. The lowest BCUT2D eigenvalue weighted by atomic mass is 10.0. The van der Waals surface area contributed by atoms with Gasteiger partial charge in [-0.25, -0.2) is 13.1 Å². The zero-order valence-electron chi connectivity index (χ0n) is 14.8. The number of anilines is 1. The third kappa shape index (κ3) is 4.05. The van der Waals surface area contributed by atoms with E-state index < -0.39 is 15.9 Å². The minimum absolute atomic E-state index is 0.128. The van der Waals surface area contributed by atoms with Crippen LogP contribution >= 0.6 is 0 Å². The molecule has 27 heavy (non-hydrogen) atoms. The summed E-state index contributed by atoms with van der Waals surface area (Å²) in [5.74, 6) is 0.411. The van der Waals surface area contributed by atoms with E-state index in [1.165, 1.54) is 18.9 Å². The lowest BCUT2D eigenvalue weighted by Gasteiger charge is -2.08. The molecule has 0 radical (unpaired) electrons. The number of sulfonamides is 1. The number of amides is 1. The minimum atomic E-state index is -3.77. The quantitative estimate of drug-likeness (QED) is 0.698. The van der Waals surface area contributed by atoms with Crippen LogP contribution in [0.2, 0.25) is 0 Å². The van der Waals surface area contributed by atoms with Crippen molar-refractivity contribution in [2.24, 2.45) is 0 Å². The van der Waals surface area contributed by atoms with Gasteiger partial charge < -0.3 is 10.1 Å². The first-order valence-electron chi connectivity index (χ1n) is 9.06. The van der Waals surface area contributed by atoms with Gasteiger partial charge in [0.15, 0.2) is 5.82 Å². The molecule has 1 aromatic heterocycles. The van der Waals surface area contributed by atoms with Crippen LogP contribution in [-0.2, 0) is 32.8 Å². The molecule has 1 fully saturated rings. The fourth-order valence-electron chi connectivity index (χ4n) is 3.59. The van der Waals surface area contributed by atoms with Crippen LogP contribution in [0.1, 0.15) is 48.4 Å². The number of ether oxygens (including phenoxy) is 1. The Hall–Kier alpha value is -2.23. The maximum absolute atomic E-state index is 12.4. The van der Waals surface area contributed by atoms with Crippen LogP contribution in [0.15, 0.2) is 29.2 Å². The van der Waals surface area contributed by atoms with E-state index in [-0.39, 0.29) is 11.4 Å². The van der Waals surface area contributed by atoms with Gasteiger partial charge in [0.25, 0.3) is 0 Å². The summed E-state index contributed by atoms with van der Waals surface area (Å²) < 4.78 is 32.5. The molecule has 1 aromatic carbocycles. The van der Waals surface area contributed by atoms with Crippen molar-refractivity contribution in [1.29, 1.82) is 0 Å². The monoisotopic (exact) mass is 390 g/mol. The molecular weight excluding hydrogens is 368 g/mol. The van der Waals surface area contributed by atoms with Crippen LogP contribution in [0.3, 0.4) is 0 Å². The predicted octanol–water partition coefficient (Wildman–Crippen LogP) is 2.01. The van der Waals surface area contributed by atoms with Crippen molar-refractivity contribution in [3.05, 3.63) is 41.1 Å². The Balaban J connectivity index is 1.34. The molecule has 2 aliphatic rings. The number of benzene rings is 1. The van der Waals surface area contributed by atoms with Crippen LogP contribution in [0.25, 0.3) is 0 Å². The van der Waals surface area contributed by atoms with Crippen molar-refractivity contribution < 1.29 is 17.9 Å². The zero-order valence-corrected chi connectivity index (χ0v) is 15.6. The van der Waals surface area contributed by atoms with Gasteiger partial charge in [-0.2, -0.15) is 5.10 Å². The van der Waals surface area contributed by atoms with Crippen LogP contribution in [0, 0.1) is 0 Å². The highest BCUT2D eigenvalue weighted by atomic mass is 32.2. The predicted molar refractivity (Wildman–Crippen MR) is 98.5 cm³/mol. The SMILES string of the molecule is O=C(CNS(=O)(=O)c1ccc2c(c1)COC2)Nc1cc(C2CCCC2)[nH]n1. The number of rotatable bonds is 6. The van der Waals surface area contributed by atoms with Crippen LogP contribution in [-0.4, -0.2) is 31.1 Å². The molecule has 0 atom stereocenters. The first-order chi connectivity index (χ1) is 13.0. The summed E-state index contributed by atoms with van der Waals surface area (Å²) in [6.07, 6.45) is 4.67. The fourth-order valence-corrected chi connectivity index (χ4v) is 4.63. The average Bonchev–Trinajstić information content (AvgIpc) is 3.39. The van der Waals surface area contributed by atoms with E-state index in [0.717, 1.165) is 29.7 Å². The van der Waals surface area contributed by atoms with Crippen molar-refractivity contribution in [3.63, 3.8) is 0 Å². The summed E-state index contributed by atoms with van der Waals surface area (Å²) in [4.78, 5) is 12.2. The number of aromatic nitrogens is 2. The van der Waals surface area contributed by atoms with Gasteiger partial charge in [-0.3, -0.25) is 9.89 Å². The lowest BCUT2D eigenvalue weighted by Crippen LogP contribution is -2.33. The van der Waals surface area contributed by atoms with Gasteiger partial charge in [-0.05, 0) is 36.1 Å². The molecule has 1 saturated carbocycles. The average molecular weight is 390 g/mol. The summed E-state index contributed by atoms with van der Waals surface area (Å²) in [6, 6.07) is 6.67.